The van der Waals surface area contributed by atoms with Crippen molar-refractivity contribution in [2.75, 3.05) is 38.1 Å². The van der Waals surface area contributed by atoms with Gasteiger partial charge >= 0.3 is 0 Å². The average molecular weight is 465 g/mol. The predicted octanol–water partition coefficient (Wildman–Crippen LogP) is 4.36. The molecule has 0 radical (unpaired) electrons. The second kappa shape index (κ2) is 11.6. The zero-order valence-corrected chi connectivity index (χ0v) is 19.6. The van der Waals surface area contributed by atoms with Crippen LogP contribution in [0, 0.1) is 13.8 Å². The van der Waals surface area contributed by atoms with Gasteiger partial charge in [-0.2, -0.15) is 0 Å². The number of ether oxygens (including phenoxy) is 4. The van der Waals surface area contributed by atoms with Crippen molar-refractivity contribution in [3.63, 3.8) is 0 Å². The maximum Gasteiger partial charge on any atom is 0.262 e. The standard InChI is InChI=1S/C26H28N2O6/c1-17-5-11-21(23(13-17)31-3)33-15-25(29)27-19-7-9-20(10-8-19)28-26(30)16-34-22-12-6-18(2)14-24(22)32-4/h5-14H,15-16H2,1-4H3,(H,27,29)(H,28,30). The molecule has 8 heteroatoms. The lowest BCUT2D eigenvalue weighted by Gasteiger charge is -2.12. The summed E-state index contributed by atoms with van der Waals surface area (Å²) in [5.74, 6) is 1.48. The number of amides is 2. The first-order chi connectivity index (χ1) is 16.4. The van der Waals surface area contributed by atoms with Crippen molar-refractivity contribution in [1.82, 2.24) is 0 Å². The van der Waals surface area contributed by atoms with Crippen LogP contribution in [-0.4, -0.2) is 39.2 Å². The highest BCUT2D eigenvalue weighted by atomic mass is 16.5. The Balaban J connectivity index is 1.47. The molecule has 0 spiro atoms. The maximum atomic E-state index is 12.2. The highest BCUT2D eigenvalue weighted by molar-refractivity contribution is 5.94. The number of aryl methyl sites for hydroxylation is 2. The molecule has 0 saturated heterocycles. The molecule has 0 bridgehead atoms. The highest BCUT2D eigenvalue weighted by Gasteiger charge is 2.10. The van der Waals surface area contributed by atoms with Crippen LogP contribution >= 0.6 is 0 Å². The van der Waals surface area contributed by atoms with Gasteiger partial charge in [0.05, 0.1) is 14.2 Å². The van der Waals surface area contributed by atoms with E-state index in [2.05, 4.69) is 10.6 Å². The number of hydrogen-bond donors (Lipinski definition) is 2. The Kier molecular flexibility index (Phi) is 8.34. The van der Waals surface area contributed by atoms with Crippen molar-refractivity contribution in [2.24, 2.45) is 0 Å². The molecule has 3 aromatic carbocycles. The third-order valence-corrected chi connectivity index (χ3v) is 4.81. The fourth-order valence-electron chi connectivity index (χ4n) is 3.11. The molecule has 2 N–H and O–H groups in total. The molecular formula is C26H28N2O6. The van der Waals surface area contributed by atoms with Gasteiger partial charge in [0.1, 0.15) is 0 Å². The fourth-order valence-corrected chi connectivity index (χ4v) is 3.11. The lowest BCUT2D eigenvalue weighted by atomic mass is 10.2. The van der Waals surface area contributed by atoms with E-state index in [0.717, 1.165) is 11.1 Å². The van der Waals surface area contributed by atoms with Crippen molar-refractivity contribution in [3.8, 4) is 23.0 Å². The van der Waals surface area contributed by atoms with Crippen LogP contribution in [0.1, 0.15) is 11.1 Å². The monoisotopic (exact) mass is 464 g/mol. The van der Waals surface area contributed by atoms with Gasteiger partial charge < -0.3 is 29.6 Å². The van der Waals surface area contributed by atoms with Gasteiger partial charge in [-0.15, -0.1) is 0 Å². The second-order valence-corrected chi connectivity index (χ2v) is 7.56. The first-order valence-corrected chi connectivity index (χ1v) is 10.6. The Bertz CT molecular complexity index is 1050. The summed E-state index contributed by atoms with van der Waals surface area (Å²) in [5, 5.41) is 5.50. The van der Waals surface area contributed by atoms with Crippen LogP contribution in [0.3, 0.4) is 0 Å². The lowest BCUT2D eigenvalue weighted by molar-refractivity contribution is -0.118. The smallest absolute Gasteiger partial charge is 0.262 e. The van der Waals surface area contributed by atoms with Crippen molar-refractivity contribution >= 4 is 23.2 Å². The quantitative estimate of drug-likeness (QED) is 0.463. The molecule has 3 aromatic rings. The summed E-state index contributed by atoms with van der Waals surface area (Å²) in [6.45, 7) is 3.55. The predicted molar refractivity (Wildman–Crippen MR) is 130 cm³/mol. The van der Waals surface area contributed by atoms with Gasteiger partial charge in [0.2, 0.25) is 0 Å². The summed E-state index contributed by atoms with van der Waals surface area (Å²) < 4.78 is 21.7. The number of methoxy groups -OCH3 is 2. The molecule has 0 aliphatic carbocycles. The Hall–Kier alpha value is -4.20. The molecule has 0 saturated carbocycles. The van der Waals surface area contributed by atoms with Crippen LogP contribution in [0.4, 0.5) is 11.4 Å². The zero-order valence-electron chi connectivity index (χ0n) is 19.6. The van der Waals surface area contributed by atoms with Crippen LogP contribution in [0.25, 0.3) is 0 Å². The van der Waals surface area contributed by atoms with E-state index in [1.165, 1.54) is 0 Å². The molecular weight excluding hydrogens is 436 g/mol. The molecule has 0 aromatic heterocycles. The Labute approximate surface area is 198 Å². The number of benzene rings is 3. The summed E-state index contributed by atoms with van der Waals surface area (Å²) in [7, 11) is 3.10. The van der Waals surface area contributed by atoms with Gasteiger partial charge in [-0.25, -0.2) is 0 Å². The molecule has 0 atom stereocenters. The molecule has 8 nitrogen and oxygen atoms in total. The van der Waals surface area contributed by atoms with Gasteiger partial charge in [-0.3, -0.25) is 9.59 Å². The normalized spacial score (nSPS) is 10.2. The van der Waals surface area contributed by atoms with Gasteiger partial charge in [-0.05, 0) is 73.5 Å². The van der Waals surface area contributed by atoms with E-state index in [4.69, 9.17) is 18.9 Å². The van der Waals surface area contributed by atoms with E-state index in [-0.39, 0.29) is 25.0 Å². The van der Waals surface area contributed by atoms with E-state index in [9.17, 15) is 9.59 Å². The van der Waals surface area contributed by atoms with E-state index < -0.39 is 0 Å². The van der Waals surface area contributed by atoms with Crippen molar-refractivity contribution in [2.45, 2.75) is 13.8 Å². The van der Waals surface area contributed by atoms with E-state index in [0.29, 0.717) is 34.4 Å². The molecule has 2 amide bonds. The van der Waals surface area contributed by atoms with Crippen molar-refractivity contribution < 1.29 is 28.5 Å². The van der Waals surface area contributed by atoms with Crippen LogP contribution in [0.15, 0.2) is 60.7 Å². The number of nitrogens with one attached hydrogen (secondary N) is 2. The molecule has 0 aliphatic rings. The molecule has 0 fully saturated rings. The fraction of sp³-hybridized carbons (Fsp3) is 0.231. The van der Waals surface area contributed by atoms with Crippen molar-refractivity contribution in [3.05, 3.63) is 71.8 Å². The SMILES string of the molecule is COc1cc(C)ccc1OCC(=O)Nc1ccc(NC(=O)COc2ccc(C)cc2OC)cc1. The third-order valence-electron chi connectivity index (χ3n) is 4.81. The average Bonchev–Trinajstić information content (AvgIpc) is 2.83. The molecule has 178 valence electrons. The highest BCUT2D eigenvalue weighted by Crippen LogP contribution is 2.28. The zero-order chi connectivity index (χ0) is 24.5. The van der Waals surface area contributed by atoms with Crippen LogP contribution in [0.2, 0.25) is 0 Å². The summed E-state index contributed by atoms with van der Waals surface area (Å²) in [6, 6.07) is 17.7. The third kappa shape index (κ3) is 6.90. The van der Waals surface area contributed by atoms with Crippen LogP contribution in [0.5, 0.6) is 23.0 Å². The minimum Gasteiger partial charge on any atom is -0.493 e. The van der Waals surface area contributed by atoms with E-state index >= 15 is 0 Å². The van der Waals surface area contributed by atoms with Crippen LogP contribution < -0.4 is 29.6 Å². The number of anilines is 2. The minimum absolute atomic E-state index is 0.169. The van der Waals surface area contributed by atoms with Gasteiger partial charge in [-0.1, -0.05) is 12.1 Å². The number of hydrogen-bond acceptors (Lipinski definition) is 6. The van der Waals surface area contributed by atoms with Gasteiger partial charge in [0.15, 0.2) is 36.2 Å². The number of carbonyl (C=O) groups excluding carboxylic acids is 2. The van der Waals surface area contributed by atoms with Gasteiger partial charge in [0, 0.05) is 11.4 Å². The summed E-state index contributed by atoms with van der Waals surface area (Å²) in [5.41, 5.74) is 3.20. The molecule has 0 aliphatic heterocycles. The summed E-state index contributed by atoms with van der Waals surface area (Å²) in [6.07, 6.45) is 0. The maximum absolute atomic E-state index is 12.2. The van der Waals surface area contributed by atoms with Gasteiger partial charge in [0.25, 0.3) is 11.8 Å². The second-order valence-electron chi connectivity index (χ2n) is 7.56. The number of carbonyl (C=O) groups is 2. The first kappa shape index (κ1) is 24.4. The van der Waals surface area contributed by atoms with E-state index in [1.54, 1.807) is 50.6 Å². The Morgan fingerprint density at radius 1 is 0.618 bits per heavy atom. The summed E-state index contributed by atoms with van der Waals surface area (Å²) >= 11 is 0. The minimum atomic E-state index is -0.320. The molecule has 0 unspecified atom stereocenters. The van der Waals surface area contributed by atoms with Crippen molar-refractivity contribution in [1.29, 1.82) is 0 Å². The topological polar surface area (TPSA) is 95.1 Å². The first-order valence-electron chi connectivity index (χ1n) is 10.6. The summed E-state index contributed by atoms with van der Waals surface area (Å²) in [4.78, 5) is 24.5. The Morgan fingerprint density at radius 3 is 1.35 bits per heavy atom. The molecule has 3 rings (SSSR count). The molecule has 34 heavy (non-hydrogen) atoms. The Morgan fingerprint density at radius 2 is 1.00 bits per heavy atom. The lowest BCUT2D eigenvalue weighted by Crippen LogP contribution is -2.21. The molecule has 0 heterocycles. The van der Waals surface area contributed by atoms with E-state index in [1.807, 2.05) is 38.1 Å². The number of rotatable bonds is 10. The largest absolute Gasteiger partial charge is 0.493 e. The van der Waals surface area contributed by atoms with Crippen LogP contribution in [-0.2, 0) is 9.59 Å².